The number of likely N-dealkylation sites (tertiary alicyclic amines) is 1. The number of nitrogens with zero attached hydrogens (tertiary/aromatic N) is 2. The van der Waals surface area contributed by atoms with E-state index in [-0.39, 0.29) is 23.6 Å². The van der Waals surface area contributed by atoms with Gasteiger partial charge < -0.3 is 15.1 Å². The molecule has 1 N–H and O–H groups in total. The van der Waals surface area contributed by atoms with E-state index in [1.54, 1.807) is 9.80 Å². The Balaban J connectivity index is 1.53. The van der Waals surface area contributed by atoms with Gasteiger partial charge in [0.2, 0.25) is 17.7 Å². The third-order valence-corrected chi connectivity index (χ3v) is 6.55. The number of benzene rings is 1. The summed E-state index contributed by atoms with van der Waals surface area (Å²) in [7, 11) is 0. The molecular formula is C23H32BrN3O3. The zero-order valence-corrected chi connectivity index (χ0v) is 19.3. The molecule has 1 aromatic carbocycles. The van der Waals surface area contributed by atoms with Gasteiger partial charge in [0.25, 0.3) is 0 Å². The van der Waals surface area contributed by atoms with Gasteiger partial charge in [0, 0.05) is 36.3 Å². The van der Waals surface area contributed by atoms with Gasteiger partial charge in [-0.3, -0.25) is 14.4 Å². The summed E-state index contributed by atoms with van der Waals surface area (Å²) in [4.78, 5) is 42.0. The van der Waals surface area contributed by atoms with Gasteiger partial charge in [0.1, 0.15) is 5.92 Å². The number of carbonyl (C=O) groups excluding carboxylic acids is 3. The fraction of sp³-hybridized carbons (Fsp3) is 0.609. The van der Waals surface area contributed by atoms with Gasteiger partial charge >= 0.3 is 0 Å². The average molecular weight is 478 g/mol. The molecule has 0 aromatic heterocycles. The van der Waals surface area contributed by atoms with Crippen molar-refractivity contribution in [3.05, 3.63) is 28.7 Å². The Morgan fingerprint density at radius 1 is 1.17 bits per heavy atom. The number of anilines is 1. The maximum absolute atomic E-state index is 13.1. The third kappa shape index (κ3) is 5.62. The van der Waals surface area contributed by atoms with Gasteiger partial charge in [-0.25, -0.2) is 0 Å². The lowest BCUT2D eigenvalue weighted by Crippen LogP contribution is -2.48. The summed E-state index contributed by atoms with van der Waals surface area (Å²) in [6.07, 6.45) is 6.61. The van der Waals surface area contributed by atoms with Crippen LogP contribution in [-0.2, 0) is 14.4 Å². The summed E-state index contributed by atoms with van der Waals surface area (Å²) >= 11 is 3.43. The molecule has 2 heterocycles. The fourth-order valence-electron chi connectivity index (χ4n) is 4.33. The Morgan fingerprint density at radius 2 is 2.00 bits per heavy atom. The predicted molar refractivity (Wildman–Crippen MR) is 121 cm³/mol. The van der Waals surface area contributed by atoms with Crippen molar-refractivity contribution < 1.29 is 14.4 Å². The van der Waals surface area contributed by atoms with Gasteiger partial charge in [-0.15, -0.1) is 0 Å². The largest absolute Gasteiger partial charge is 0.356 e. The van der Waals surface area contributed by atoms with Gasteiger partial charge in [0.05, 0.1) is 5.92 Å². The van der Waals surface area contributed by atoms with Crippen LogP contribution in [0.5, 0.6) is 0 Å². The summed E-state index contributed by atoms with van der Waals surface area (Å²) in [6, 6.07) is 7.58. The lowest BCUT2D eigenvalue weighted by Gasteiger charge is -2.33. The molecule has 3 rings (SSSR count). The lowest BCUT2D eigenvalue weighted by molar-refractivity contribution is -0.142. The third-order valence-electron chi connectivity index (χ3n) is 6.06. The molecule has 2 aliphatic rings. The van der Waals surface area contributed by atoms with Gasteiger partial charge in [0.15, 0.2) is 0 Å². The fourth-order valence-corrected chi connectivity index (χ4v) is 4.72. The molecule has 0 bridgehead atoms. The topological polar surface area (TPSA) is 69.7 Å². The first-order valence-corrected chi connectivity index (χ1v) is 11.9. The first-order chi connectivity index (χ1) is 14.5. The Bertz CT molecular complexity index is 770. The van der Waals surface area contributed by atoms with Crippen molar-refractivity contribution in [2.75, 3.05) is 31.1 Å². The molecule has 0 radical (unpaired) electrons. The van der Waals surface area contributed by atoms with Crippen LogP contribution in [-0.4, -0.2) is 48.8 Å². The maximum Gasteiger partial charge on any atom is 0.239 e. The van der Waals surface area contributed by atoms with Crippen molar-refractivity contribution in [1.82, 2.24) is 10.2 Å². The molecule has 2 atom stereocenters. The molecule has 0 spiro atoms. The van der Waals surface area contributed by atoms with E-state index in [1.165, 1.54) is 12.8 Å². The highest BCUT2D eigenvalue weighted by molar-refractivity contribution is 9.10. The number of amides is 3. The van der Waals surface area contributed by atoms with Crippen LogP contribution in [0.4, 0.5) is 5.69 Å². The average Bonchev–Trinajstić information content (AvgIpc) is 3.14. The van der Waals surface area contributed by atoms with Crippen LogP contribution in [0.3, 0.4) is 0 Å². The van der Waals surface area contributed by atoms with Crippen molar-refractivity contribution in [3.63, 3.8) is 0 Å². The van der Waals surface area contributed by atoms with Crippen LogP contribution >= 0.6 is 15.9 Å². The molecule has 2 unspecified atom stereocenters. The highest BCUT2D eigenvalue weighted by Crippen LogP contribution is 2.29. The van der Waals surface area contributed by atoms with E-state index in [9.17, 15) is 14.4 Å². The van der Waals surface area contributed by atoms with Crippen molar-refractivity contribution in [2.24, 2.45) is 11.8 Å². The number of hydrogen-bond donors (Lipinski definition) is 1. The Labute approximate surface area is 187 Å². The second kappa shape index (κ2) is 10.9. The molecule has 164 valence electrons. The minimum absolute atomic E-state index is 0.0394. The van der Waals surface area contributed by atoms with Crippen molar-refractivity contribution >= 4 is 39.3 Å². The summed E-state index contributed by atoms with van der Waals surface area (Å²) in [5, 5.41) is 3.03. The minimum Gasteiger partial charge on any atom is -0.356 e. The van der Waals surface area contributed by atoms with Crippen molar-refractivity contribution in [3.8, 4) is 0 Å². The number of unbranched alkanes of at least 4 members (excludes halogenated alkanes) is 3. The zero-order chi connectivity index (χ0) is 21.5. The second-order valence-corrected chi connectivity index (χ2v) is 9.20. The highest BCUT2D eigenvalue weighted by Gasteiger charge is 2.41. The number of rotatable bonds is 8. The van der Waals surface area contributed by atoms with Crippen LogP contribution in [0.2, 0.25) is 0 Å². The first-order valence-electron chi connectivity index (χ1n) is 11.1. The van der Waals surface area contributed by atoms with Crippen LogP contribution in [0, 0.1) is 11.8 Å². The van der Waals surface area contributed by atoms with E-state index < -0.39 is 5.92 Å². The van der Waals surface area contributed by atoms with Gasteiger partial charge in [-0.1, -0.05) is 48.2 Å². The van der Waals surface area contributed by atoms with Crippen LogP contribution in [0.1, 0.15) is 51.9 Å². The van der Waals surface area contributed by atoms with E-state index in [0.29, 0.717) is 32.6 Å². The van der Waals surface area contributed by atoms with E-state index in [2.05, 4.69) is 28.2 Å². The normalized spacial score (nSPS) is 21.7. The van der Waals surface area contributed by atoms with Crippen LogP contribution in [0.15, 0.2) is 28.7 Å². The summed E-state index contributed by atoms with van der Waals surface area (Å²) in [6.45, 7) is 4.45. The second-order valence-electron chi connectivity index (χ2n) is 8.29. The molecular weight excluding hydrogens is 446 g/mol. The number of piperidine rings is 1. The van der Waals surface area contributed by atoms with Crippen LogP contribution < -0.4 is 10.2 Å². The number of carbonyl (C=O) groups is 3. The summed E-state index contributed by atoms with van der Waals surface area (Å²) in [5.74, 6) is -1.04. The Morgan fingerprint density at radius 3 is 2.77 bits per heavy atom. The Kier molecular flexibility index (Phi) is 8.31. The van der Waals surface area contributed by atoms with Crippen molar-refractivity contribution in [1.29, 1.82) is 0 Å². The monoisotopic (exact) mass is 477 g/mol. The molecule has 0 aliphatic carbocycles. The van der Waals surface area contributed by atoms with Gasteiger partial charge in [-0.2, -0.15) is 0 Å². The first kappa shape index (κ1) is 22.8. The molecule has 2 aliphatic heterocycles. The van der Waals surface area contributed by atoms with E-state index in [4.69, 9.17) is 0 Å². The van der Waals surface area contributed by atoms with E-state index in [1.807, 2.05) is 24.3 Å². The SMILES string of the molecule is CCCCCCNC(=O)C1CCCN(C(=O)C2CCN(c3cccc(Br)c3)C2=O)C1. The van der Waals surface area contributed by atoms with E-state index in [0.717, 1.165) is 35.8 Å². The van der Waals surface area contributed by atoms with E-state index >= 15 is 0 Å². The molecule has 1 aromatic rings. The molecule has 30 heavy (non-hydrogen) atoms. The molecule has 2 saturated heterocycles. The van der Waals surface area contributed by atoms with Gasteiger partial charge in [-0.05, 0) is 43.9 Å². The molecule has 7 heteroatoms. The predicted octanol–water partition coefficient (Wildman–Crippen LogP) is 3.74. The molecule has 0 saturated carbocycles. The van der Waals surface area contributed by atoms with Crippen LogP contribution in [0.25, 0.3) is 0 Å². The molecule has 3 amide bonds. The highest BCUT2D eigenvalue weighted by atomic mass is 79.9. The Hall–Kier alpha value is -1.89. The zero-order valence-electron chi connectivity index (χ0n) is 17.7. The lowest BCUT2D eigenvalue weighted by atomic mass is 9.95. The smallest absolute Gasteiger partial charge is 0.239 e. The number of hydrogen-bond acceptors (Lipinski definition) is 3. The standard InChI is InChI=1S/C23H32BrN3O3/c1-2-3-4-5-12-25-21(28)17-8-7-13-26(16-17)22(29)20-11-14-27(23(20)30)19-10-6-9-18(24)15-19/h6,9-10,15,17,20H,2-5,7-8,11-14,16H2,1H3,(H,25,28). The quantitative estimate of drug-likeness (QED) is 0.457. The summed E-state index contributed by atoms with van der Waals surface area (Å²) in [5.41, 5.74) is 0.809. The number of nitrogens with one attached hydrogen (secondary N) is 1. The maximum atomic E-state index is 13.1. The molecule has 2 fully saturated rings. The number of halogens is 1. The van der Waals surface area contributed by atoms with Crippen molar-refractivity contribution in [2.45, 2.75) is 51.9 Å². The minimum atomic E-state index is -0.639. The summed E-state index contributed by atoms with van der Waals surface area (Å²) < 4.78 is 0.905. The molecule has 6 nitrogen and oxygen atoms in total.